The Morgan fingerprint density at radius 2 is 1.75 bits per heavy atom. The second-order valence-electron chi connectivity index (χ2n) is 4.08. The van der Waals surface area contributed by atoms with Crippen LogP contribution in [0.5, 0.6) is 0 Å². The fourth-order valence-corrected chi connectivity index (χ4v) is 2.98. The van der Waals surface area contributed by atoms with E-state index in [-0.39, 0.29) is 11.0 Å². The maximum atomic E-state index is 13.7. The standard InChI is InChI=1S/C11H11Br3F2/c1-11(5-12,6-13)4-7-9(15)3-2-8(14)10(7)16/h2-3H,4-6H2,1H3. The first kappa shape index (κ1) is 14.6. The molecule has 0 fully saturated rings. The molecule has 0 saturated carbocycles. The van der Waals surface area contributed by atoms with E-state index in [1.807, 2.05) is 6.92 Å². The van der Waals surface area contributed by atoms with Gasteiger partial charge in [0.25, 0.3) is 0 Å². The molecule has 0 unspecified atom stereocenters. The third-order valence-electron chi connectivity index (χ3n) is 2.39. The minimum absolute atomic E-state index is 0.135. The van der Waals surface area contributed by atoms with E-state index in [0.717, 1.165) is 0 Å². The molecule has 5 heteroatoms. The highest BCUT2D eigenvalue weighted by atomic mass is 79.9. The number of rotatable bonds is 4. The minimum atomic E-state index is -0.506. The fourth-order valence-electron chi connectivity index (χ4n) is 1.29. The van der Waals surface area contributed by atoms with Crippen molar-refractivity contribution < 1.29 is 8.78 Å². The molecule has 1 aromatic rings. The van der Waals surface area contributed by atoms with Gasteiger partial charge in [-0.3, -0.25) is 0 Å². The Bertz CT molecular complexity index is 376. The Morgan fingerprint density at radius 1 is 1.19 bits per heavy atom. The van der Waals surface area contributed by atoms with Gasteiger partial charge in [-0.05, 0) is 39.9 Å². The van der Waals surface area contributed by atoms with Gasteiger partial charge in [0.05, 0.1) is 4.47 Å². The molecular formula is C11H11Br3F2. The molecule has 16 heavy (non-hydrogen) atoms. The number of halogens is 5. The van der Waals surface area contributed by atoms with Crippen LogP contribution in [0.25, 0.3) is 0 Å². The van der Waals surface area contributed by atoms with Crippen LogP contribution in [0, 0.1) is 17.0 Å². The maximum absolute atomic E-state index is 13.7. The van der Waals surface area contributed by atoms with Gasteiger partial charge in [-0.1, -0.05) is 38.8 Å². The topological polar surface area (TPSA) is 0 Å². The van der Waals surface area contributed by atoms with Crippen molar-refractivity contribution in [1.82, 2.24) is 0 Å². The molecule has 0 saturated heterocycles. The van der Waals surface area contributed by atoms with E-state index >= 15 is 0 Å². The van der Waals surface area contributed by atoms with Crippen LogP contribution in [0.2, 0.25) is 0 Å². The van der Waals surface area contributed by atoms with Crippen LogP contribution < -0.4 is 0 Å². The van der Waals surface area contributed by atoms with Crippen molar-refractivity contribution in [3.05, 3.63) is 33.8 Å². The third kappa shape index (κ3) is 3.26. The summed E-state index contributed by atoms with van der Waals surface area (Å²) in [4.78, 5) is 0. The highest BCUT2D eigenvalue weighted by Crippen LogP contribution is 2.31. The predicted molar refractivity (Wildman–Crippen MR) is 73.5 cm³/mol. The SMILES string of the molecule is CC(CBr)(CBr)Cc1c(F)ccc(Br)c1F. The average Bonchev–Trinajstić information content (AvgIpc) is 2.29. The Hall–Kier alpha value is 0.520. The summed E-state index contributed by atoms with van der Waals surface area (Å²) < 4.78 is 27.6. The molecule has 0 atom stereocenters. The molecule has 1 aromatic carbocycles. The lowest BCUT2D eigenvalue weighted by Gasteiger charge is -2.25. The molecule has 0 nitrogen and oxygen atoms in total. The first-order valence-electron chi connectivity index (χ1n) is 4.68. The molecule has 0 aliphatic carbocycles. The van der Waals surface area contributed by atoms with Gasteiger partial charge in [0.2, 0.25) is 0 Å². The maximum Gasteiger partial charge on any atom is 0.143 e. The number of benzene rings is 1. The van der Waals surface area contributed by atoms with E-state index in [0.29, 0.717) is 21.6 Å². The zero-order valence-electron chi connectivity index (χ0n) is 8.67. The van der Waals surface area contributed by atoms with Crippen molar-refractivity contribution in [3.8, 4) is 0 Å². The minimum Gasteiger partial charge on any atom is -0.207 e. The summed E-state index contributed by atoms with van der Waals surface area (Å²) in [5, 5.41) is 1.35. The Balaban J connectivity index is 3.10. The normalized spacial score (nSPS) is 11.9. The summed E-state index contributed by atoms with van der Waals surface area (Å²) in [6.07, 6.45) is 0.348. The lowest BCUT2D eigenvalue weighted by Crippen LogP contribution is -2.24. The van der Waals surface area contributed by atoms with Crippen molar-refractivity contribution in [2.24, 2.45) is 5.41 Å². The lowest BCUT2D eigenvalue weighted by molar-refractivity contribution is 0.413. The van der Waals surface area contributed by atoms with Crippen molar-refractivity contribution in [3.63, 3.8) is 0 Å². The molecule has 0 N–H and O–H groups in total. The van der Waals surface area contributed by atoms with Gasteiger partial charge in [0.15, 0.2) is 0 Å². The summed E-state index contributed by atoms with van der Waals surface area (Å²) in [6, 6.07) is 2.67. The van der Waals surface area contributed by atoms with Crippen LogP contribution >= 0.6 is 47.8 Å². The first-order chi connectivity index (χ1) is 7.43. The smallest absolute Gasteiger partial charge is 0.143 e. The van der Waals surface area contributed by atoms with Crippen molar-refractivity contribution in [2.45, 2.75) is 13.3 Å². The molecule has 1 rings (SSSR count). The molecule has 0 bridgehead atoms. The predicted octanol–water partition coefficient (Wildman–Crippen LogP) is 5.07. The largest absolute Gasteiger partial charge is 0.207 e. The van der Waals surface area contributed by atoms with Crippen LogP contribution in [0.15, 0.2) is 16.6 Å². The molecule has 0 radical (unpaired) electrons. The van der Waals surface area contributed by atoms with Gasteiger partial charge < -0.3 is 0 Å². The Labute approximate surface area is 119 Å². The van der Waals surface area contributed by atoms with Crippen LogP contribution in [0.4, 0.5) is 8.78 Å². The average molecular weight is 421 g/mol. The van der Waals surface area contributed by atoms with Crippen molar-refractivity contribution >= 4 is 47.8 Å². The summed E-state index contributed by atoms with van der Waals surface area (Å²) in [5.41, 5.74) is -0.0709. The molecule has 0 aliphatic rings. The van der Waals surface area contributed by atoms with E-state index in [1.165, 1.54) is 12.1 Å². The monoisotopic (exact) mass is 418 g/mol. The van der Waals surface area contributed by atoms with Gasteiger partial charge in [0, 0.05) is 16.2 Å². The number of alkyl halides is 2. The zero-order chi connectivity index (χ0) is 12.3. The number of hydrogen-bond donors (Lipinski definition) is 0. The van der Waals surface area contributed by atoms with Crippen LogP contribution in [0.3, 0.4) is 0 Å². The highest BCUT2D eigenvalue weighted by Gasteiger charge is 2.26. The fraction of sp³-hybridized carbons (Fsp3) is 0.455. The molecular weight excluding hydrogens is 410 g/mol. The van der Waals surface area contributed by atoms with E-state index in [2.05, 4.69) is 47.8 Å². The highest BCUT2D eigenvalue weighted by molar-refractivity contribution is 9.10. The molecule has 0 amide bonds. The second kappa shape index (κ2) is 5.91. The van der Waals surface area contributed by atoms with E-state index in [4.69, 9.17) is 0 Å². The van der Waals surface area contributed by atoms with E-state index in [1.54, 1.807) is 0 Å². The summed E-state index contributed by atoms with van der Waals surface area (Å²) >= 11 is 9.81. The first-order valence-corrected chi connectivity index (χ1v) is 7.71. The van der Waals surface area contributed by atoms with Gasteiger partial charge in [-0.2, -0.15) is 0 Å². The quantitative estimate of drug-likeness (QED) is 0.471. The Kier molecular flexibility index (Phi) is 5.39. The third-order valence-corrected chi connectivity index (χ3v) is 5.71. The van der Waals surface area contributed by atoms with Gasteiger partial charge in [0.1, 0.15) is 11.6 Å². The van der Waals surface area contributed by atoms with E-state index in [9.17, 15) is 8.78 Å². The van der Waals surface area contributed by atoms with Crippen LogP contribution in [-0.4, -0.2) is 10.7 Å². The van der Waals surface area contributed by atoms with Crippen LogP contribution in [-0.2, 0) is 6.42 Å². The Morgan fingerprint density at radius 3 is 2.25 bits per heavy atom. The molecule has 0 aliphatic heterocycles. The molecule has 0 spiro atoms. The number of hydrogen-bond acceptors (Lipinski definition) is 0. The van der Waals surface area contributed by atoms with Crippen molar-refractivity contribution in [1.29, 1.82) is 0 Å². The van der Waals surface area contributed by atoms with Gasteiger partial charge in [-0.15, -0.1) is 0 Å². The van der Waals surface area contributed by atoms with Gasteiger partial charge >= 0.3 is 0 Å². The zero-order valence-corrected chi connectivity index (χ0v) is 13.4. The second-order valence-corrected chi connectivity index (χ2v) is 6.05. The van der Waals surface area contributed by atoms with Crippen LogP contribution in [0.1, 0.15) is 12.5 Å². The molecule has 0 aromatic heterocycles. The molecule has 90 valence electrons. The summed E-state index contributed by atoms with van der Waals surface area (Å²) in [6.45, 7) is 1.97. The lowest BCUT2D eigenvalue weighted by atomic mass is 9.87. The molecule has 0 heterocycles. The summed E-state index contributed by atoms with van der Waals surface area (Å²) in [5.74, 6) is -0.998. The van der Waals surface area contributed by atoms with Gasteiger partial charge in [-0.25, -0.2) is 8.78 Å². The summed E-state index contributed by atoms with van der Waals surface area (Å²) in [7, 11) is 0. The van der Waals surface area contributed by atoms with E-state index < -0.39 is 11.6 Å². The van der Waals surface area contributed by atoms with Crippen molar-refractivity contribution in [2.75, 3.05) is 10.7 Å².